The van der Waals surface area contributed by atoms with Gasteiger partial charge in [-0.25, -0.2) is 0 Å². The molecule has 1 aromatic carbocycles. The molecule has 1 unspecified atom stereocenters. The van der Waals surface area contributed by atoms with Crippen molar-refractivity contribution in [2.45, 2.75) is 12.5 Å². The van der Waals surface area contributed by atoms with Crippen LogP contribution in [0.5, 0.6) is 0 Å². The smallest absolute Gasteiger partial charge is 0.246 e. The molecule has 1 aliphatic rings. The van der Waals surface area contributed by atoms with Crippen molar-refractivity contribution in [1.29, 1.82) is 0 Å². The summed E-state index contributed by atoms with van der Waals surface area (Å²) < 4.78 is 0. The quantitative estimate of drug-likeness (QED) is 0.757. The number of carbonyl (C=O) groups excluding carboxylic acids is 1. The molecule has 1 aromatic rings. The molecular formula is C12H16N2O2. The van der Waals surface area contributed by atoms with Gasteiger partial charge in [-0.1, -0.05) is 18.2 Å². The van der Waals surface area contributed by atoms with E-state index in [9.17, 15) is 4.79 Å². The van der Waals surface area contributed by atoms with Crippen LogP contribution in [0.25, 0.3) is 0 Å². The molecule has 1 saturated heterocycles. The number of nitrogens with one attached hydrogen (secondary N) is 1. The van der Waals surface area contributed by atoms with Crippen LogP contribution in [0.15, 0.2) is 30.3 Å². The fourth-order valence-corrected chi connectivity index (χ4v) is 1.91. The molecule has 16 heavy (non-hydrogen) atoms. The third-order valence-corrected chi connectivity index (χ3v) is 2.76. The highest BCUT2D eigenvalue weighted by molar-refractivity contribution is 5.97. The van der Waals surface area contributed by atoms with E-state index in [4.69, 9.17) is 5.11 Å². The molecule has 86 valence electrons. The largest absolute Gasteiger partial charge is 0.394 e. The first-order chi connectivity index (χ1) is 7.83. The normalized spacial score (nSPS) is 21.9. The van der Waals surface area contributed by atoms with Crippen LogP contribution >= 0.6 is 0 Å². The maximum absolute atomic E-state index is 12.1. The highest BCUT2D eigenvalue weighted by atomic mass is 16.3. The van der Waals surface area contributed by atoms with Crippen LogP contribution in [0.1, 0.15) is 6.42 Å². The Morgan fingerprint density at radius 3 is 2.81 bits per heavy atom. The predicted molar refractivity (Wildman–Crippen MR) is 62.3 cm³/mol. The predicted octanol–water partition coefficient (Wildman–Crippen LogP) is 0.374. The lowest BCUT2D eigenvalue weighted by Gasteiger charge is -2.23. The van der Waals surface area contributed by atoms with E-state index in [2.05, 4.69) is 5.32 Å². The highest BCUT2D eigenvalue weighted by Gasteiger charge is 2.26. The Labute approximate surface area is 94.9 Å². The van der Waals surface area contributed by atoms with Crippen LogP contribution in [-0.4, -0.2) is 36.8 Å². The summed E-state index contributed by atoms with van der Waals surface area (Å²) >= 11 is 0. The number of aliphatic hydroxyl groups is 1. The average Bonchev–Trinajstić information content (AvgIpc) is 2.52. The highest BCUT2D eigenvalue weighted by Crippen LogP contribution is 2.16. The Balaban J connectivity index is 2.22. The van der Waals surface area contributed by atoms with Crippen LogP contribution in [0.3, 0.4) is 0 Å². The van der Waals surface area contributed by atoms with E-state index in [1.54, 1.807) is 4.90 Å². The average molecular weight is 220 g/mol. The molecule has 1 atom stereocenters. The van der Waals surface area contributed by atoms with Gasteiger partial charge in [-0.15, -0.1) is 0 Å². The van der Waals surface area contributed by atoms with Crippen LogP contribution in [0.2, 0.25) is 0 Å². The van der Waals surface area contributed by atoms with Crippen molar-refractivity contribution in [1.82, 2.24) is 5.32 Å². The fourth-order valence-electron chi connectivity index (χ4n) is 1.91. The third kappa shape index (κ3) is 2.23. The molecule has 2 rings (SSSR count). The maximum atomic E-state index is 12.1. The summed E-state index contributed by atoms with van der Waals surface area (Å²) in [7, 11) is 0. The maximum Gasteiger partial charge on any atom is 0.246 e. The van der Waals surface area contributed by atoms with Crippen molar-refractivity contribution >= 4 is 11.6 Å². The minimum atomic E-state index is -0.470. The summed E-state index contributed by atoms with van der Waals surface area (Å²) in [6.07, 6.45) is 0.900. The molecule has 0 spiro atoms. The van der Waals surface area contributed by atoms with E-state index in [0.29, 0.717) is 6.54 Å². The van der Waals surface area contributed by atoms with Crippen LogP contribution < -0.4 is 10.2 Å². The van der Waals surface area contributed by atoms with Crippen molar-refractivity contribution in [3.05, 3.63) is 30.3 Å². The first-order valence-electron chi connectivity index (χ1n) is 5.53. The monoisotopic (exact) mass is 220 g/mol. The second kappa shape index (κ2) is 5.09. The molecule has 0 bridgehead atoms. The molecule has 0 aliphatic carbocycles. The second-order valence-electron chi connectivity index (χ2n) is 3.87. The number of hydrogen-bond acceptors (Lipinski definition) is 3. The minimum Gasteiger partial charge on any atom is -0.394 e. The van der Waals surface area contributed by atoms with Gasteiger partial charge in [0.1, 0.15) is 6.04 Å². The Bertz CT molecular complexity index is 353. The number of carbonyl (C=O) groups is 1. The Morgan fingerprint density at radius 1 is 1.38 bits per heavy atom. The van der Waals surface area contributed by atoms with Crippen molar-refractivity contribution in [3.8, 4) is 0 Å². The summed E-state index contributed by atoms with van der Waals surface area (Å²) in [5.74, 6) is -0.0498. The first kappa shape index (κ1) is 11.1. The van der Waals surface area contributed by atoms with Crippen molar-refractivity contribution in [2.75, 3.05) is 24.6 Å². The Hall–Kier alpha value is -1.39. The van der Waals surface area contributed by atoms with Gasteiger partial charge in [0.05, 0.1) is 6.61 Å². The van der Waals surface area contributed by atoms with Crippen molar-refractivity contribution < 1.29 is 9.90 Å². The zero-order chi connectivity index (χ0) is 11.4. The second-order valence-corrected chi connectivity index (χ2v) is 3.87. The lowest BCUT2D eigenvalue weighted by molar-refractivity contribution is -0.121. The topological polar surface area (TPSA) is 52.6 Å². The molecule has 0 saturated carbocycles. The molecule has 1 fully saturated rings. The molecule has 0 aromatic heterocycles. The molecule has 1 amide bonds. The van der Waals surface area contributed by atoms with Crippen LogP contribution in [-0.2, 0) is 4.79 Å². The molecule has 1 heterocycles. The summed E-state index contributed by atoms with van der Waals surface area (Å²) in [6, 6.07) is 9.11. The summed E-state index contributed by atoms with van der Waals surface area (Å²) in [5.41, 5.74) is 0.898. The summed E-state index contributed by atoms with van der Waals surface area (Å²) in [6.45, 7) is 1.31. The fraction of sp³-hybridized carbons (Fsp3) is 0.417. The van der Waals surface area contributed by atoms with Gasteiger partial charge < -0.3 is 15.3 Å². The molecule has 4 nitrogen and oxygen atoms in total. The number of aliphatic hydroxyl groups excluding tert-OH is 1. The van der Waals surface area contributed by atoms with E-state index < -0.39 is 6.04 Å². The third-order valence-electron chi connectivity index (χ3n) is 2.76. The first-order valence-corrected chi connectivity index (χ1v) is 5.53. The van der Waals surface area contributed by atoms with Gasteiger partial charge in [0.15, 0.2) is 0 Å². The zero-order valence-electron chi connectivity index (χ0n) is 9.10. The zero-order valence-corrected chi connectivity index (χ0v) is 9.10. The molecule has 2 N–H and O–H groups in total. The lowest BCUT2D eigenvalue weighted by Crippen LogP contribution is -2.45. The SMILES string of the molecule is O=C1C(CO)NCCCN1c1ccccc1. The number of nitrogens with zero attached hydrogens (tertiary/aromatic N) is 1. The standard InChI is InChI=1S/C12H16N2O2/c15-9-11-12(16)14(8-4-7-13-11)10-5-2-1-3-6-10/h1-3,5-6,11,13,15H,4,7-9H2. The Morgan fingerprint density at radius 2 is 2.12 bits per heavy atom. The van der Waals surface area contributed by atoms with E-state index in [1.165, 1.54) is 0 Å². The van der Waals surface area contributed by atoms with Gasteiger partial charge in [0.25, 0.3) is 0 Å². The van der Waals surface area contributed by atoms with Gasteiger partial charge in [-0.2, -0.15) is 0 Å². The van der Waals surface area contributed by atoms with Gasteiger partial charge in [-0.05, 0) is 25.1 Å². The van der Waals surface area contributed by atoms with Crippen LogP contribution in [0.4, 0.5) is 5.69 Å². The van der Waals surface area contributed by atoms with Gasteiger partial charge in [-0.3, -0.25) is 4.79 Å². The number of rotatable bonds is 2. The number of para-hydroxylation sites is 1. The van der Waals surface area contributed by atoms with E-state index in [1.807, 2.05) is 30.3 Å². The van der Waals surface area contributed by atoms with E-state index >= 15 is 0 Å². The number of benzene rings is 1. The summed E-state index contributed by atoms with van der Waals surface area (Å²) in [5, 5.41) is 12.2. The van der Waals surface area contributed by atoms with Gasteiger partial charge >= 0.3 is 0 Å². The Kier molecular flexibility index (Phi) is 3.54. The van der Waals surface area contributed by atoms with Crippen molar-refractivity contribution in [3.63, 3.8) is 0 Å². The molecule has 0 radical (unpaired) electrons. The lowest BCUT2D eigenvalue weighted by atomic mass is 10.2. The number of hydrogen-bond donors (Lipinski definition) is 2. The van der Waals surface area contributed by atoms with Gasteiger partial charge in [0, 0.05) is 12.2 Å². The van der Waals surface area contributed by atoms with Crippen LogP contribution in [0, 0.1) is 0 Å². The van der Waals surface area contributed by atoms with Gasteiger partial charge in [0.2, 0.25) is 5.91 Å². The minimum absolute atomic E-state index is 0.0498. The van der Waals surface area contributed by atoms with E-state index in [0.717, 1.165) is 18.7 Å². The summed E-state index contributed by atoms with van der Waals surface area (Å²) in [4.78, 5) is 13.8. The van der Waals surface area contributed by atoms with E-state index in [-0.39, 0.29) is 12.5 Å². The molecule has 1 aliphatic heterocycles. The number of anilines is 1. The number of amides is 1. The van der Waals surface area contributed by atoms with Crippen molar-refractivity contribution in [2.24, 2.45) is 0 Å². The molecular weight excluding hydrogens is 204 g/mol. The molecule has 4 heteroatoms.